The topological polar surface area (TPSA) is 101 Å². The van der Waals surface area contributed by atoms with Crippen LogP contribution in [0.2, 0.25) is 0 Å². The Morgan fingerprint density at radius 3 is 2.47 bits per heavy atom. The van der Waals surface area contributed by atoms with Crippen molar-refractivity contribution in [3.05, 3.63) is 59.7 Å². The van der Waals surface area contributed by atoms with E-state index < -0.39 is 10.0 Å². The van der Waals surface area contributed by atoms with Crippen LogP contribution < -0.4 is 0 Å². The van der Waals surface area contributed by atoms with Crippen LogP contribution in [-0.2, 0) is 16.4 Å². The monoisotopic (exact) mass is 427 g/mol. The molecule has 1 aliphatic heterocycles. The molecule has 30 heavy (non-hydrogen) atoms. The molecule has 1 N–H and O–H groups in total. The summed E-state index contributed by atoms with van der Waals surface area (Å²) in [5.41, 5.74) is 2.33. The van der Waals surface area contributed by atoms with Crippen LogP contribution in [0.3, 0.4) is 0 Å². The fourth-order valence-electron chi connectivity index (χ4n) is 3.70. The summed E-state index contributed by atoms with van der Waals surface area (Å²) in [4.78, 5) is 8.54. The summed E-state index contributed by atoms with van der Waals surface area (Å²) in [7, 11) is -3.57. The largest absolute Gasteiger partial charge is 0.493 e. The maximum Gasteiger partial charge on any atom is 0.244 e. The maximum absolute atomic E-state index is 12.9. The molecule has 1 fully saturated rings. The average molecular weight is 428 g/mol. The lowest BCUT2D eigenvalue weighted by molar-refractivity contribution is 0.423. The zero-order valence-corrected chi connectivity index (χ0v) is 17.7. The van der Waals surface area contributed by atoms with Gasteiger partial charge in [-0.1, -0.05) is 18.9 Å². The highest BCUT2D eigenvalue weighted by atomic mass is 32.2. The Morgan fingerprint density at radius 2 is 1.83 bits per heavy atom. The molecule has 9 heteroatoms. The van der Waals surface area contributed by atoms with Gasteiger partial charge in [-0.2, -0.15) is 14.1 Å². The fourth-order valence-corrected chi connectivity index (χ4v) is 5.17. The molecule has 0 aliphatic carbocycles. The van der Waals surface area contributed by atoms with E-state index in [2.05, 4.69) is 15.1 Å². The molecular weight excluding hydrogens is 402 g/mol. The molecule has 1 aliphatic rings. The first-order valence-electron chi connectivity index (χ1n) is 10.1. The normalized spacial score (nSPS) is 15.8. The smallest absolute Gasteiger partial charge is 0.244 e. The Kier molecular flexibility index (Phi) is 5.83. The van der Waals surface area contributed by atoms with Gasteiger partial charge in [-0.05, 0) is 43.5 Å². The summed E-state index contributed by atoms with van der Waals surface area (Å²) < 4.78 is 28.7. The van der Waals surface area contributed by atoms with Gasteiger partial charge in [0.15, 0.2) is 5.82 Å². The second-order valence-corrected chi connectivity index (χ2v) is 9.45. The van der Waals surface area contributed by atoms with Gasteiger partial charge < -0.3 is 5.11 Å². The standard InChI is InChI=1S/C21H25N5O3S/c1-16-19(13-17-7-6-10-22-14-17)21(27)26(24-16)20-9-8-18(15-23-20)30(28,29)25-11-4-2-3-5-12-25/h6-10,14-15,27H,2-5,11-13H2,1H3. The molecule has 8 nitrogen and oxygen atoms in total. The lowest BCUT2D eigenvalue weighted by atomic mass is 10.1. The molecule has 0 amide bonds. The number of aromatic hydroxyl groups is 1. The number of aryl methyl sites for hydroxylation is 1. The van der Waals surface area contributed by atoms with Gasteiger partial charge in [0.2, 0.25) is 15.9 Å². The Hall–Kier alpha value is -2.78. The van der Waals surface area contributed by atoms with E-state index in [-0.39, 0.29) is 10.8 Å². The number of pyridine rings is 2. The molecule has 0 unspecified atom stereocenters. The summed E-state index contributed by atoms with van der Waals surface area (Å²) in [6.07, 6.45) is 9.16. The number of sulfonamides is 1. The van der Waals surface area contributed by atoms with Gasteiger partial charge in [0.05, 0.1) is 5.69 Å². The molecule has 0 spiro atoms. The molecule has 0 saturated carbocycles. The molecule has 4 rings (SSSR count). The number of nitrogens with zero attached hydrogens (tertiary/aromatic N) is 5. The molecule has 0 radical (unpaired) electrons. The van der Waals surface area contributed by atoms with Gasteiger partial charge >= 0.3 is 0 Å². The van der Waals surface area contributed by atoms with Gasteiger partial charge in [0.1, 0.15) is 4.90 Å². The number of hydrogen-bond acceptors (Lipinski definition) is 6. The molecule has 1 saturated heterocycles. The van der Waals surface area contributed by atoms with Crippen molar-refractivity contribution in [2.24, 2.45) is 0 Å². The molecule has 0 aromatic carbocycles. The minimum absolute atomic E-state index is 0.00743. The third-order valence-electron chi connectivity index (χ3n) is 5.40. The van der Waals surface area contributed by atoms with Crippen LogP contribution in [0, 0.1) is 6.92 Å². The fraction of sp³-hybridized carbons (Fsp3) is 0.381. The van der Waals surface area contributed by atoms with Crippen molar-refractivity contribution < 1.29 is 13.5 Å². The molecular formula is C21H25N5O3S. The van der Waals surface area contributed by atoms with Crippen LogP contribution in [-0.4, -0.2) is 50.7 Å². The van der Waals surface area contributed by atoms with Crippen molar-refractivity contribution in [2.45, 2.75) is 43.9 Å². The van der Waals surface area contributed by atoms with E-state index in [4.69, 9.17) is 0 Å². The predicted molar refractivity (Wildman–Crippen MR) is 112 cm³/mol. The molecule has 3 aromatic rings. The summed E-state index contributed by atoms with van der Waals surface area (Å²) >= 11 is 0. The van der Waals surface area contributed by atoms with Crippen LogP contribution in [0.5, 0.6) is 5.88 Å². The van der Waals surface area contributed by atoms with Crippen molar-refractivity contribution in [3.8, 4) is 11.7 Å². The molecule has 158 valence electrons. The third-order valence-corrected chi connectivity index (χ3v) is 7.28. The zero-order chi connectivity index (χ0) is 21.1. The maximum atomic E-state index is 12.9. The first-order chi connectivity index (χ1) is 14.5. The van der Waals surface area contributed by atoms with Crippen LogP contribution in [0.15, 0.2) is 47.8 Å². The number of aromatic nitrogens is 4. The molecule has 4 heterocycles. The average Bonchev–Trinajstić information content (AvgIpc) is 2.96. The van der Waals surface area contributed by atoms with Crippen LogP contribution in [0.1, 0.15) is 42.5 Å². The van der Waals surface area contributed by atoms with Gasteiger partial charge in [-0.25, -0.2) is 13.4 Å². The Balaban J connectivity index is 1.59. The van der Waals surface area contributed by atoms with Gasteiger partial charge in [0.25, 0.3) is 0 Å². The number of hydrogen-bond donors (Lipinski definition) is 1. The van der Waals surface area contributed by atoms with E-state index in [1.165, 1.54) is 21.3 Å². The second kappa shape index (κ2) is 8.53. The molecule has 0 bridgehead atoms. The van der Waals surface area contributed by atoms with Crippen LogP contribution in [0.25, 0.3) is 5.82 Å². The summed E-state index contributed by atoms with van der Waals surface area (Å²) in [6, 6.07) is 6.88. The molecule has 0 atom stereocenters. The highest BCUT2D eigenvalue weighted by molar-refractivity contribution is 7.89. The SMILES string of the molecule is Cc1nn(-c2ccc(S(=O)(=O)N3CCCCCC3)cn2)c(O)c1Cc1cccnc1. The van der Waals surface area contributed by atoms with Crippen LogP contribution in [0.4, 0.5) is 0 Å². The van der Waals surface area contributed by atoms with Gasteiger partial charge in [-0.15, -0.1) is 0 Å². The van der Waals surface area contributed by atoms with Crippen molar-refractivity contribution in [2.75, 3.05) is 13.1 Å². The van der Waals surface area contributed by atoms with Crippen LogP contribution >= 0.6 is 0 Å². The van der Waals surface area contributed by atoms with E-state index in [9.17, 15) is 13.5 Å². The highest BCUT2D eigenvalue weighted by Gasteiger charge is 2.26. The number of rotatable bonds is 5. The summed E-state index contributed by atoms with van der Waals surface area (Å²) in [6.45, 7) is 2.90. The predicted octanol–water partition coefficient (Wildman–Crippen LogP) is 2.83. The summed E-state index contributed by atoms with van der Waals surface area (Å²) in [5.74, 6) is 0.356. The Labute approximate surface area is 176 Å². The first kappa shape index (κ1) is 20.5. The van der Waals surface area contributed by atoms with E-state index in [1.807, 2.05) is 19.1 Å². The minimum atomic E-state index is -3.57. The van der Waals surface area contributed by atoms with E-state index >= 15 is 0 Å². The minimum Gasteiger partial charge on any atom is -0.493 e. The second-order valence-electron chi connectivity index (χ2n) is 7.51. The summed E-state index contributed by atoms with van der Waals surface area (Å²) in [5, 5.41) is 15.1. The van der Waals surface area contributed by atoms with Crippen molar-refractivity contribution in [1.82, 2.24) is 24.1 Å². The quantitative estimate of drug-likeness (QED) is 0.672. The van der Waals surface area contributed by atoms with Crippen molar-refractivity contribution in [3.63, 3.8) is 0 Å². The Bertz CT molecular complexity index is 1100. The lowest BCUT2D eigenvalue weighted by Crippen LogP contribution is -2.32. The van der Waals surface area contributed by atoms with E-state index in [1.54, 1.807) is 18.5 Å². The Morgan fingerprint density at radius 1 is 1.07 bits per heavy atom. The van der Waals surface area contributed by atoms with Gasteiger partial charge in [-0.3, -0.25) is 4.98 Å². The first-order valence-corrected chi connectivity index (χ1v) is 11.5. The highest BCUT2D eigenvalue weighted by Crippen LogP contribution is 2.27. The van der Waals surface area contributed by atoms with E-state index in [0.29, 0.717) is 36.6 Å². The van der Waals surface area contributed by atoms with E-state index in [0.717, 1.165) is 31.2 Å². The van der Waals surface area contributed by atoms with Crippen molar-refractivity contribution >= 4 is 10.0 Å². The van der Waals surface area contributed by atoms with Gasteiger partial charge in [0, 0.05) is 43.7 Å². The third kappa shape index (κ3) is 4.08. The lowest BCUT2D eigenvalue weighted by Gasteiger charge is -2.19. The molecule has 3 aromatic heterocycles. The van der Waals surface area contributed by atoms with Crippen molar-refractivity contribution in [1.29, 1.82) is 0 Å². The zero-order valence-electron chi connectivity index (χ0n) is 16.9.